The predicted molar refractivity (Wildman–Crippen MR) is 81.0 cm³/mol. The molecule has 0 bridgehead atoms. The number of hydrogen-bond acceptors (Lipinski definition) is 3. The van der Waals surface area contributed by atoms with E-state index in [1.165, 1.54) is 11.8 Å². The summed E-state index contributed by atoms with van der Waals surface area (Å²) in [4.78, 5) is 24.3. The first-order valence-corrected chi connectivity index (χ1v) is 7.66. The van der Waals surface area contributed by atoms with Crippen molar-refractivity contribution in [2.75, 3.05) is 5.75 Å². The molecule has 110 valence electrons. The monoisotopic (exact) mass is 295 g/mol. The second-order valence-electron chi connectivity index (χ2n) is 4.70. The van der Waals surface area contributed by atoms with Gasteiger partial charge in [0, 0.05) is 4.90 Å². The second-order valence-corrected chi connectivity index (χ2v) is 5.71. The Kier molecular flexibility index (Phi) is 6.07. The molecule has 0 saturated carbocycles. The molecule has 0 aliphatic carbocycles. The van der Waals surface area contributed by atoms with Gasteiger partial charge in [-0.3, -0.25) is 4.79 Å². The first-order valence-electron chi connectivity index (χ1n) is 6.68. The number of carboxylic acid groups (broad SMARTS) is 1. The van der Waals surface area contributed by atoms with Crippen LogP contribution in [-0.4, -0.2) is 28.3 Å². The third-order valence-electron chi connectivity index (χ3n) is 3.45. The Morgan fingerprint density at radius 1 is 1.25 bits per heavy atom. The van der Waals surface area contributed by atoms with E-state index >= 15 is 0 Å². The molecule has 2 N–H and O–H groups in total. The van der Waals surface area contributed by atoms with Crippen LogP contribution in [0.15, 0.2) is 29.2 Å². The third-order valence-corrected chi connectivity index (χ3v) is 4.62. The molecule has 0 atom stereocenters. The van der Waals surface area contributed by atoms with E-state index in [4.69, 9.17) is 0 Å². The first-order chi connectivity index (χ1) is 9.45. The number of nitrogens with one attached hydrogen (secondary N) is 1. The zero-order valence-corrected chi connectivity index (χ0v) is 12.9. The van der Waals surface area contributed by atoms with Crippen molar-refractivity contribution >= 4 is 23.6 Å². The maximum atomic E-state index is 12.0. The number of aliphatic carboxylic acids is 1. The molecule has 0 aromatic heterocycles. The van der Waals surface area contributed by atoms with E-state index < -0.39 is 11.5 Å². The van der Waals surface area contributed by atoms with E-state index in [2.05, 4.69) is 5.32 Å². The van der Waals surface area contributed by atoms with E-state index in [9.17, 15) is 14.7 Å². The summed E-state index contributed by atoms with van der Waals surface area (Å²) >= 11 is 1.42. The minimum Gasteiger partial charge on any atom is -0.480 e. The van der Waals surface area contributed by atoms with Gasteiger partial charge in [0.1, 0.15) is 5.54 Å². The van der Waals surface area contributed by atoms with Crippen molar-refractivity contribution in [1.29, 1.82) is 0 Å². The van der Waals surface area contributed by atoms with Crippen molar-refractivity contribution in [3.8, 4) is 0 Å². The van der Waals surface area contributed by atoms with Gasteiger partial charge in [-0.1, -0.05) is 32.0 Å². The molecule has 0 saturated heterocycles. The highest BCUT2D eigenvalue weighted by Gasteiger charge is 2.36. The maximum Gasteiger partial charge on any atom is 0.329 e. The molecule has 1 aromatic rings. The molecule has 0 fully saturated rings. The summed E-state index contributed by atoms with van der Waals surface area (Å²) in [6, 6.07) is 7.81. The fourth-order valence-corrected chi connectivity index (χ4v) is 2.78. The van der Waals surface area contributed by atoms with E-state index in [1.54, 1.807) is 13.8 Å². The van der Waals surface area contributed by atoms with Crippen LogP contribution in [0.25, 0.3) is 0 Å². The molecule has 0 spiro atoms. The molecule has 4 nitrogen and oxygen atoms in total. The number of amides is 1. The number of carbonyl (C=O) groups excluding carboxylic acids is 1. The lowest BCUT2D eigenvalue weighted by atomic mass is 9.93. The minimum atomic E-state index is -1.15. The lowest BCUT2D eigenvalue weighted by Crippen LogP contribution is -2.54. The van der Waals surface area contributed by atoms with Crippen LogP contribution in [0.1, 0.15) is 32.3 Å². The van der Waals surface area contributed by atoms with Crippen LogP contribution >= 0.6 is 11.8 Å². The number of thioether (sulfide) groups is 1. The summed E-state index contributed by atoms with van der Waals surface area (Å²) in [6.07, 6.45) is 0.749. The number of carboxylic acids is 1. The minimum absolute atomic E-state index is 0.222. The Morgan fingerprint density at radius 2 is 1.85 bits per heavy atom. The van der Waals surface area contributed by atoms with Crippen LogP contribution in [0.3, 0.4) is 0 Å². The highest BCUT2D eigenvalue weighted by molar-refractivity contribution is 8.00. The molecular formula is C15H21NO3S. The molecule has 20 heavy (non-hydrogen) atoms. The average molecular weight is 295 g/mol. The Morgan fingerprint density at radius 3 is 2.35 bits per heavy atom. The Hall–Kier alpha value is -1.49. The van der Waals surface area contributed by atoms with Crippen molar-refractivity contribution < 1.29 is 14.7 Å². The molecule has 0 unspecified atom stereocenters. The van der Waals surface area contributed by atoms with Gasteiger partial charge in [-0.2, -0.15) is 0 Å². The Labute approximate surface area is 124 Å². The van der Waals surface area contributed by atoms with E-state index in [0.717, 1.165) is 10.5 Å². The van der Waals surface area contributed by atoms with Crippen LogP contribution in [0.2, 0.25) is 0 Å². The largest absolute Gasteiger partial charge is 0.480 e. The van der Waals surface area contributed by atoms with E-state index in [0.29, 0.717) is 12.8 Å². The van der Waals surface area contributed by atoms with E-state index in [-0.39, 0.29) is 11.7 Å². The highest BCUT2D eigenvalue weighted by Crippen LogP contribution is 2.22. The van der Waals surface area contributed by atoms with Crippen molar-refractivity contribution in [2.45, 2.75) is 44.0 Å². The summed E-state index contributed by atoms with van der Waals surface area (Å²) in [5.74, 6) is -0.999. The quantitative estimate of drug-likeness (QED) is 0.759. The van der Waals surface area contributed by atoms with Crippen LogP contribution in [-0.2, 0) is 9.59 Å². The number of rotatable bonds is 7. The van der Waals surface area contributed by atoms with Crippen LogP contribution in [0, 0.1) is 6.92 Å². The van der Waals surface area contributed by atoms with Gasteiger partial charge in [-0.05, 0) is 31.4 Å². The third kappa shape index (κ3) is 4.00. The number of aryl methyl sites for hydroxylation is 1. The summed E-state index contributed by atoms with van der Waals surface area (Å²) in [6.45, 7) is 5.53. The predicted octanol–water partition coefficient (Wildman–Crippen LogP) is 2.85. The number of carbonyl (C=O) groups is 2. The molecule has 1 amide bonds. The van der Waals surface area contributed by atoms with Crippen molar-refractivity contribution in [3.05, 3.63) is 29.8 Å². The number of benzene rings is 1. The normalized spacial score (nSPS) is 11.2. The summed E-state index contributed by atoms with van der Waals surface area (Å²) < 4.78 is 0. The van der Waals surface area contributed by atoms with Gasteiger partial charge >= 0.3 is 5.97 Å². The molecule has 5 heteroatoms. The molecule has 0 radical (unpaired) electrons. The van der Waals surface area contributed by atoms with Crippen LogP contribution in [0.4, 0.5) is 0 Å². The Bertz CT molecular complexity index is 484. The van der Waals surface area contributed by atoms with Crippen molar-refractivity contribution in [2.24, 2.45) is 0 Å². The van der Waals surface area contributed by atoms with Crippen molar-refractivity contribution in [3.63, 3.8) is 0 Å². The fourth-order valence-electron chi connectivity index (χ4n) is 1.95. The van der Waals surface area contributed by atoms with Gasteiger partial charge in [0.15, 0.2) is 0 Å². The van der Waals surface area contributed by atoms with Gasteiger partial charge in [0.2, 0.25) is 5.91 Å². The lowest BCUT2D eigenvalue weighted by Gasteiger charge is -2.28. The zero-order chi connectivity index (χ0) is 15.2. The van der Waals surface area contributed by atoms with Gasteiger partial charge in [0.25, 0.3) is 0 Å². The second kappa shape index (κ2) is 7.33. The number of hydrogen-bond donors (Lipinski definition) is 2. The van der Waals surface area contributed by atoms with Gasteiger partial charge in [0.05, 0.1) is 5.75 Å². The molecule has 0 heterocycles. The van der Waals surface area contributed by atoms with Gasteiger partial charge < -0.3 is 10.4 Å². The topological polar surface area (TPSA) is 66.4 Å². The van der Waals surface area contributed by atoms with Crippen molar-refractivity contribution in [1.82, 2.24) is 5.32 Å². The van der Waals surface area contributed by atoms with Crippen LogP contribution in [0.5, 0.6) is 0 Å². The Balaban J connectivity index is 2.64. The van der Waals surface area contributed by atoms with Gasteiger partial charge in [-0.15, -0.1) is 11.8 Å². The molecular weight excluding hydrogens is 274 g/mol. The molecule has 0 aliphatic heterocycles. The summed E-state index contributed by atoms with van der Waals surface area (Å²) in [5, 5.41) is 11.9. The lowest BCUT2D eigenvalue weighted by molar-refractivity contribution is -0.147. The van der Waals surface area contributed by atoms with Gasteiger partial charge in [-0.25, -0.2) is 4.79 Å². The fraction of sp³-hybridized carbons (Fsp3) is 0.467. The van der Waals surface area contributed by atoms with E-state index in [1.807, 2.05) is 31.2 Å². The molecule has 1 aromatic carbocycles. The first kappa shape index (κ1) is 16.6. The molecule has 1 rings (SSSR count). The summed E-state index contributed by atoms with van der Waals surface area (Å²) in [7, 11) is 0. The maximum absolute atomic E-state index is 12.0. The molecule has 0 aliphatic rings. The van der Waals surface area contributed by atoms with Crippen LogP contribution < -0.4 is 5.32 Å². The average Bonchev–Trinajstić information content (AvgIpc) is 2.43. The smallest absolute Gasteiger partial charge is 0.329 e. The SMILES string of the molecule is CCC(CC)(NC(=O)CSc1ccccc1C)C(=O)O. The highest BCUT2D eigenvalue weighted by atomic mass is 32.2. The standard InChI is InChI=1S/C15H21NO3S/c1-4-15(5-2,14(18)19)16-13(17)10-20-12-9-7-6-8-11(12)3/h6-9H,4-5,10H2,1-3H3,(H,16,17)(H,18,19). The zero-order valence-electron chi connectivity index (χ0n) is 12.1. The summed E-state index contributed by atoms with van der Waals surface area (Å²) in [5.41, 5.74) is -0.0376.